The van der Waals surface area contributed by atoms with Crippen molar-refractivity contribution in [2.45, 2.75) is 19.1 Å². The Bertz CT molecular complexity index is 941. The molecule has 1 aromatic heterocycles. The number of fused-ring (bicyclic) bond motifs is 1. The predicted octanol–water partition coefficient (Wildman–Crippen LogP) is 3.11. The van der Waals surface area contributed by atoms with E-state index in [0.717, 1.165) is 5.56 Å². The lowest BCUT2D eigenvalue weighted by Crippen LogP contribution is -2.48. The first kappa shape index (κ1) is 17.5. The summed E-state index contributed by atoms with van der Waals surface area (Å²) in [6.07, 6.45) is -0.665. The number of aliphatic hydroxyl groups is 1. The molecular formula is C20H21N3O4. The first-order valence-corrected chi connectivity index (χ1v) is 8.95. The molecule has 2 amide bonds. The molecule has 1 fully saturated rings. The Kier molecular flexibility index (Phi) is 4.79. The summed E-state index contributed by atoms with van der Waals surface area (Å²) in [5, 5.41) is 12.9. The number of rotatable bonds is 4. The van der Waals surface area contributed by atoms with Crippen LogP contribution in [0, 0.1) is 0 Å². The zero-order chi connectivity index (χ0) is 18.8. The molecule has 0 spiro atoms. The highest BCUT2D eigenvalue weighted by molar-refractivity contribution is 5.92. The standard InChI is InChI=1S/C20H21N3O4/c1-2-23(16-11-26-12-17(16)24)20(25)21-14-8-9-18-15(10-14)22-19(27-18)13-6-4-3-5-7-13/h3-10,16-17,24H,2,11-12H2,1H3,(H,21,25)/t16-,17-/m1/s1. The average molecular weight is 367 g/mol. The number of benzene rings is 2. The monoisotopic (exact) mass is 367 g/mol. The van der Waals surface area contributed by atoms with Gasteiger partial charge in [-0.25, -0.2) is 9.78 Å². The Balaban J connectivity index is 1.54. The topological polar surface area (TPSA) is 87.8 Å². The number of aliphatic hydroxyl groups excluding tert-OH is 1. The normalized spacial score (nSPS) is 19.3. The van der Waals surface area contributed by atoms with Gasteiger partial charge in [-0.15, -0.1) is 0 Å². The second-order valence-electron chi connectivity index (χ2n) is 6.46. The maximum absolute atomic E-state index is 12.6. The number of aromatic nitrogens is 1. The average Bonchev–Trinajstić information content (AvgIpc) is 3.29. The quantitative estimate of drug-likeness (QED) is 0.740. The molecule has 27 heavy (non-hydrogen) atoms. The van der Waals surface area contributed by atoms with Crippen LogP contribution in [0.5, 0.6) is 0 Å². The molecule has 0 unspecified atom stereocenters. The van der Waals surface area contributed by atoms with Crippen molar-refractivity contribution in [2.75, 3.05) is 25.1 Å². The van der Waals surface area contributed by atoms with Gasteiger partial charge in [-0.05, 0) is 37.3 Å². The van der Waals surface area contributed by atoms with Crippen LogP contribution in [-0.2, 0) is 4.74 Å². The zero-order valence-corrected chi connectivity index (χ0v) is 15.0. The van der Waals surface area contributed by atoms with Crippen molar-refractivity contribution in [2.24, 2.45) is 0 Å². The number of urea groups is 1. The Hall–Kier alpha value is -2.90. The van der Waals surface area contributed by atoms with Gasteiger partial charge in [0, 0.05) is 17.8 Å². The Morgan fingerprint density at radius 3 is 2.78 bits per heavy atom. The van der Waals surface area contributed by atoms with Gasteiger partial charge in [-0.1, -0.05) is 18.2 Å². The number of amides is 2. The van der Waals surface area contributed by atoms with E-state index in [4.69, 9.17) is 9.15 Å². The summed E-state index contributed by atoms with van der Waals surface area (Å²) < 4.78 is 11.1. The summed E-state index contributed by atoms with van der Waals surface area (Å²) in [6, 6.07) is 14.4. The van der Waals surface area contributed by atoms with Crippen molar-refractivity contribution in [1.82, 2.24) is 9.88 Å². The molecule has 0 saturated carbocycles. The second-order valence-corrected chi connectivity index (χ2v) is 6.46. The van der Waals surface area contributed by atoms with Crippen LogP contribution in [0.1, 0.15) is 6.92 Å². The lowest BCUT2D eigenvalue weighted by Gasteiger charge is -2.28. The summed E-state index contributed by atoms with van der Waals surface area (Å²) in [5.41, 5.74) is 2.83. The van der Waals surface area contributed by atoms with Crippen LogP contribution in [-0.4, -0.2) is 52.9 Å². The molecule has 0 radical (unpaired) electrons. The summed E-state index contributed by atoms with van der Waals surface area (Å²) in [6.45, 7) is 2.94. The number of ether oxygens (including phenoxy) is 1. The molecule has 2 aromatic carbocycles. The van der Waals surface area contributed by atoms with E-state index in [1.165, 1.54) is 0 Å². The third-order valence-electron chi connectivity index (χ3n) is 4.68. The minimum Gasteiger partial charge on any atom is -0.436 e. The molecule has 7 heteroatoms. The molecule has 2 heterocycles. The van der Waals surface area contributed by atoms with Crippen molar-refractivity contribution < 1.29 is 19.1 Å². The maximum atomic E-state index is 12.6. The van der Waals surface area contributed by atoms with Gasteiger partial charge in [0.05, 0.1) is 25.4 Å². The van der Waals surface area contributed by atoms with Gasteiger partial charge in [0.15, 0.2) is 5.58 Å². The fourth-order valence-electron chi connectivity index (χ4n) is 3.26. The lowest BCUT2D eigenvalue weighted by atomic mass is 10.2. The van der Waals surface area contributed by atoms with E-state index >= 15 is 0 Å². The van der Waals surface area contributed by atoms with Gasteiger partial charge >= 0.3 is 6.03 Å². The van der Waals surface area contributed by atoms with Crippen molar-refractivity contribution in [3.05, 3.63) is 48.5 Å². The zero-order valence-electron chi connectivity index (χ0n) is 15.0. The second kappa shape index (κ2) is 7.38. The van der Waals surface area contributed by atoms with Gasteiger partial charge in [0.2, 0.25) is 5.89 Å². The van der Waals surface area contributed by atoms with Crippen molar-refractivity contribution >= 4 is 22.8 Å². The maximum Gasteiger partial charge on any atom is 0.322 e. The van der Waals surface area contributed by atoms with Crippen molar-refractivity contribution in [3.63, 3.8) is 0 Å². The van der Waals surface area contributed by atoms with E-state index in [-0.39, 0.29) is 18.7 Å². The predicted molar refractivity (Wildman–Crippen MR) is 101 cm³/mol. The van der Waals surface area contributed by atoms with E-state index in [0.29, 0.717) is 35.8 Å². The molecule has 1 saturated heterocycles. The van der Waals surface area contributed by atoms with Gasteiger partial charge < -0.3 is 24.5 Å². The Morgan fingerprint density at radius 1 is 1.26 bits per heavy atom. The minimum absolute atomic E-state index is 0.252. The van der Waals surface area contributed by atoms with Crippen molar-refractivity contribution in [1.29, 1.82) is 0 Å². The molecule has 4 rings (SSSR count). The summed E-state index contributed by atoms with van der Waals surface area (Å²) in [7, 11) is 0. The van der Waals surface area contributed by atoms with Crippen LogP contribution in [0.15, 0.2) is 52.9 Å². The number of carbonyl (C=O) groups is 1. The largest absolute Gasteiger partial charge is 0.436 e. The number of hydrogen-bond acceptors (Lipinski definition) is 5. The molecule has 0 bridgehead atoms. The minimum atomic E-state index is -0.665. The number of nitrogens with zero attached hydrogens (tertiary/aromatic N) is 2. The molecule has 0 aliphatic carbocycles. The smallest absolute Gasteiger partial charge is 0.322 e. The third kappa shape index (κ3) is 3.51. The Morgan fingerprint density at radius 2 is 2.07 bits per heavy atom. The number of hydrogen-bond donors (Lipinski definition) is 2. The van der Waals surface area contributed by atoms with E-state index in [1.54, 1.807) is 23.1 Å². The van der Waals surface area contributed by atoms with Gasteiger partial charge in [-0.2, -0.15) is 0 Å². The fraction of sp³-hybridized carbons (Fsp3) is 0.300. The molecule has 140 valence electrons. The summed E-state index contributed by atoms with van der Waals surface area (Å²) in [4.78, 5) is 18.7. The summed E-state index contributed by atoms with van der Waals surface area (Å²) in [5.74, 6) is 0.537. The highest BCUT2D eigenvalue weighted by Gasteiger charge is 2.33. The number of oxazole rings is 1. The third-order valence-corrected chi connectivity index (χ3v) is 4.68. The van der Waals surface area contributed by atoms with Gasteiger partial charge in [0.25, 0.3) is 0 Å². The van der Waals surface area contributed by atoms with Crippen LogP contribution >= 0.6 is 0 Å². The summed E-state index contributed by atoms with van der Waals surface area (Å²) >= 11 is 0. The van der Waals surface area contributed by atoms with E-state index in [9.17, 15) is 9.90 Å². The molecule has 2 N–H and O–H groups in total. The van der Waals surface area contributed by atoms with Crippen molar-refractivity contribution in [3.8, 4) is 11.5 Å². The van der Waals surface area contributed by atoms with Crippen LogP contribution in [0.4, 0.5) is 10.5 Å². The lowest BCUT2D eigenvalue weighted by molar-refractivity contribution is 0.1000. The van der Waals surface area contributed by atoms with Crippen LogP contribution in [0.25, 0.3) is 22.6 Å². The first-order chi connectivity index (χ1) is 13.2. The molecule has 1 aliphatic heterocycles. The number of carbonyl (C=O) groups excluding carboxylic acids is 1. The van der Waals surface area contributed by atoms with Gasteiger partial charge in [-0.3, -0.25) is 0 Å². The number of likely N-dealkylation sites (N-methyl/N-ethyl adjacent to an activating group) is 1. The highest BCUT2D eigenvalue weighted by atomic mass is 16.5. The molecule has 2 atom stereocenters. The van der Waals surface area contributed by atoms with Gasteiger partial charge in [0.1, 0.15) is 5.52 Å². The Labute approximate surface area is 156 Å². The van der Waals surface area contributed by atoms with Crippen LogP contribution in [0.3, 0.4) is 0 Å². The van der Waals surface area contributed by atoms with Crippen LogP contribution in [0.2, 0.25) is 0 Å². The highest BCUT2D eigenvalue weighted by Crippen LogP contribution is 2.26. The first-order valence-electron chi connectivity index (χ1n) is 8.95. The molecule has 3 aromatic rings. The van der Waals surface area contributed by atoms with Crippen LogP contribution < -0.4 is 5.32 Å². The fourth-order valence-corrected chi connectivity index (χ4v) is 3.26. The number of anilines is 1. The molecular weight excluding hydrogens is 346 g/mol. The number of nitrogens with one attached hydrogen (secondary N) is 1. The van der Waals surface area contributed by atoms with E-state index in [1.807, 2.05) is 37.3 Å². The molecule has 1 aliphatic rings. The molecule has 7 nitrogen and oxygen atoms in total. The SMILES string of the molecule is CCN(C(=O)Nc1ccc2oc(-c3ccccc3)nc2c1)[C@@H]1COC[C@H]1O. The van der Waals surface area contributed by atoms with E-state index in [2.05, 4.69) is 10.3 Å². The van der Waals surface area contributed by atoms with E-state index < -0.39 is 6.10 Å².